The summed E-state index contributed by atoms with van der Waals surface area (Å²) >= 11 is 0. The van der Waals surface area contributed by atoms with Crippen LogP contribution in [0.5, 0.6) is 0 Å². The van der Waals surface area contributed by atoms with Gasteiger partial charge in [0.2, 0.25) is 5.91 Å². The SMILES string of the molecule is NC(=O)C(Cc1ccccc1)N(Cc1ccccc1)Cc1cc(-c2ccccc2)on1. The van der Waals surface area contributed by atoms with Gasteiger partial charge in [-0.3, -0.25) is 9.69 Å². The molecule has 1 amide bonds. The first kappa shape index (κ1) is 20.6. The normalized spacial score (nSPS) is 12.0. The van der Waals surface area contributed by atoms with E-state index in [4.69, 9.17) is 10.3 Å². The number of nitrogens with zero attached hydrogens (tertiary/aromatic N) is 2. The summed E-state index contributed by atoms with van der Waals surface area (Å²) in [5.41, 5.74) is 9.76. The van der Waals surface area contributed by atoms with Crippen LogP contribution in [0.1, 0.15) is 16.8 Å². The number of benzene rings is 3. The van der Waals surface area contributed by atoms with Crippen molar-refractivity contribution in [3.05, 3.63) is 114 Å². The van der Waals surface area contributed by atoms with Gasteiger partial charge in [0.25, 0.3) is 0 Å². The highest BCUT2D eigenvalue weighted by Crippen LogP contribution is 2.22. The predicted molar refractivity (Wildman–Crippen MR) is 121 cm³/mol. The van der Waals surface area contributed by atoms with E-state index in [-0.39, 0.29) is 5.91 Å². The zero-order chi connectivity index (χ0) is 21.5. The quantitative estimate of drug-likeness (QED) is 0.442. The summed E-state index contributed by atoms with van der Waals surface area (Å²) in [7, 11) is 0. The summed E-state index contributed by atoms with van der Waals surface area (Å²) in [6, 6.07) is 31.3. The van der Waals surface area contributed by atoms with Crippen LogP contribution in [0.2, 0.25) is 0 Å². The van der Waals surface area contributed by atoms with Gasteiger partial charge in [0.15, 0.2) is 5.76 Å². The molecule has 4 rings (SSSR count). The van der Waals surface area contributed by atoms with Gasteiger partial charge in [0.1, 0.15) is 0 Å². The smallest absolute Gasteiger partial charge is 0.235 e. The lowest BCUT2D eigenvalue weighted by atomic mass is 10.0. The van der Waals surface area contributed by atoms with Gasteiger partial charge in [-0.05, 0) is 17.5 Å². The second-order valence-corrected chi connectivity index (χ2v) is 7.55. The van der Waals surface area contributed by atoms with Crippen LogP contribution in [0.3, 0.4) is 0 Å². The van der Waals surface area contributed by atoms with Crippen molar-refractivity contribution < 1.29 is 9.32 Å². The van der Waals surface area contributed by atoms with Gasteiger partial charge < -0.3 is 10.3 Å². The molecule has 1 aromatic heterocycles. The van der Waals surface area contributed by atoms with Crippen LogP contribution < -0.4 is 5.73 Å². The molecule has 5 heteroatoms. The van der Waals surface area contributed by atoms with Crippen molar-refractivity contribution in [1.82, 2.24) is 10.1 Å². The number of aromatic nitrogens is 1. The number of carbonyl (C=O) groups excluding carboxylic acids is 1. The van der Waals surface area contributed by atoms with E-state index < -0.39 is 6.04 Å². The van der Waals surface area contributed by atoms with Gasteiger partial charge in [0.05, 0.1) is 11.7 Å². The van der Waals surface area contributed by atoms with E-state index >= 15 is 0 Å². The molecule has 156 valence electrons. The third kappa shape index (κ3) is 5.47. The van der Waals surface area contributed by atoms with Crippen molar-refractivity contribution in [2.45, 2.75) is 25.6 Å². The maximum Gasteiger partial charge on any atom is 0.235 e. The fraction of sp³-hybridized carbons (Fsp3) is 0.154. The van der Waals surface area contributed by atoms with Crippen molar-refractivity contribution in [3.8, 4) is 11.3 Å². The Morgan fingerprint density at radius 1 is 0.839 bits per heavy atom. The lowest BCUT2D eigenvalue weighted by Crippen LogP contribution is -2.45. The molecule has 1 unspecified atom stereocenters. The Labute approximate surface area is 182 Å². The minimum Gasteiger partial charge on any atom is -0.368 e. The van der Waals surface area contributed by atoms with E-state index in [9.17, 15) is 4.79 Å². The molecule has 0 saturated carbocycles. The summed E-state index contributed by atoms with van der Waals surface area (Å²) in [6.45, 7) is 1.03. The first-order valence-electron chi connectivity index (χ1n) is 10.3. The summed E-state index contributed by atoms with van der Waals surface area (Å²) in [4.78, 5) is 14.6. The molecule has 3 aromatic carbocycles. The molecule has 1 atom stereocenters. The molecule has 0 saturated heterocycles. The fourth-order valence-corrected chi connectivity index (χ4v) is 3.67. The zero-order valence-electron chi connectivity index (χ0n) is 17.2. The number of nitrogens with two attached hydrogens (primary N) is 1. The molecule has 2 N–H and O–H groups in total. The number of carbonyl (C=O) groups is 1. The molecule has 31 heavy (non-hydrogen) atoms. The van der Waals surface area contributed by atoms with Crippen molar-refractivity contribution in [3.63, 3.8) is 0 Å². The average molecular weight is 412 g/mol. The van der Waals surface area contributed by atoms with Crippen LogP contribution in [0.15, 0.2) is 102 Å². The van der Waals surface area contributed by atoms with Gasteiger partial charge in [0, 0.05) is 24.7 Å². The molecular weight excluding hydrogens is 386 g/mol. The third-order valence-corrected chi connectivity index (χ3v) is 5.25. The Hall–Kier alpha value is -3.70. The Morgan fingerprint density at radius 3 is 2.03 bits per heavy atom. The number of primary amides is 1. The number of hydrogen-bond acceptors (Lipinski definition) is 4. The van der Waals surface area contributed by atoms with Crippen molar-refractivity contribution >= 4 is 5.91 Å². The molecule has 0 aliphatic rings. The van der Waals surface area contributed by atoms with Crippen LogP contribution in [0.4, 0.5) is 0 Å². The van der Waals surface area contributed by atoms with Crippen molar-refractivity contribution in [2.75, 3.05) is 0 Å². The van der Waals surface area contributed by atoms with Crippen LogP contribution in [0, 0.1) is 0 Å². The highest BCUT2D eigenvalue weighted by molar-refractivity contribution is 5.80. The molecular formula is C26H25N3O2. The highest BCUT2D eigenvalue weighted by Gasteiger charge is 2.26. The van der Waals surface area contributed by atoms with Gasteiger partial charge in [-0.1, -0.05) is 96.2 Å². The van der Waals surface area contributed by atoms with E-state index in [1.54, 1.807) is 0 Å². The van der Waals surface area contributed by atoms with Crippen molar-refractivity contribution in [1.29, 1.82) is 0 Å². The van der Waals surface area contributed by atoms with Gasteiger partial charge >= 0.3 is 0 Å². The molecule has 0 bridgehead atoms. The van der Waals surface area contributed by atoms with Gasteiger partial charge in [-0.15, -0.1) is 0 Å². The summed E-state index contributed by atoms with van der Waals surface area (Å²) < 4.78 is 5.57. The monoisotopic (exact) mass is 411 g/mol. The minimum absolute atomic E-state index is 0.355. The molecule has 0 fully saturated rings. The molecule has 0 spiro atoms. The van der Waals surface area contributed by atoms with E-state index in [0.29, 0.717) is 25.3 Å². The van der Waals surface area contributed by atoms with E-state index in [1.165, 1.54) is 0 Å². The van der Waals surface area contributed by atoms with Crippen LogP contribution in [-0.2, 0) is 24.3 Å². The maximum atomic E-state index is 12.5. The van der Waals surface area contributed by atoms with Crippen LogP contribution in [-0.4, -0.2) is 22.0 Å². The number of hydrogen-bond donors (Lipinski definition) is 1. The molecule has 5 nitrogen and oxygen atoms in total. The van der Waals surface area contributed by atoms with Gasteiger partial charge in [-0.25, -0.2) is 0 Å². The van der Waals surface area contributed by atoms with E-state index in [2.05, 4.69) is 10.1 Å². The fourth-order valence-electron chi connectivity index (χ4n) is 3.67. The first-order valence-corrected chi connectivity index (χ1v) is 10.3. The summed E-state index contributed by atoms with van der Waals surface area (Å²) in [5.74, 6) is 0.348. The second kappa shape index (κ2) is 9.87. The largest absolute Gasteiger partial charge is 0.368 e. The van der Waals surface area contributed by atoms with E-state index in [1.807, 2.05) is 97.1 Å². The number of amides is 1. The molecule has 0 aliphatic heterocycles. The lowest BCUT2D eigenvalue weighted by Gasteiger charge is -2.29. The highest BCUT2D eigenvalue weighted by atomic mass is 16.5. The summed E-state index contributed by atoms with van der Waals surface area (Å²) in [6.07, 6.45) is 0.534. The standard InChI is InChI=1S/C26H25N3O2/c27-26(30)24(16-20-10-4-1-5-11-20)29(18-21-12-6-2-7-13-21)19-23-17-25(31-28-23)22-14-8-3-9-15-22/h1-15,17,24H,16,18-19H2,(H2,27,30). The van der Waals surface area contributed by atoms with Crippen LogP contribution in [0.25, 0.3) is 11.3 Å². The molecule has 0 aliphatic carbocycles. The predicted octanol–water partition coefficient (Wildman–Crippen LogP) is 4.44. The Morgan fingerprint density at radius 2 is 1.42 bits per heavy atom. The third-order valence-electron chi connectivity index (χ3n) is 5.25. The average Bonchev–Trinajstić information content (AvgIpc) is 3.27. The molecule has 1 heterocycles. The lowest BCUT2D eigenvalue weighted by molar-refractivity contribution is -0.123. The number of rotatable bonds is 9. The van der Waals surface area contributed by atoms with Crippen LogP contribution >= 0.6 is 0 Å². The summed E-state index contributed by atoms with van der Waals surface area (Å²) in [5, 5.41) is 4.25. The Kier molecular flexibility index (Phi) is 6.55. The van der Waals surface area contributed by atoms with Gasteiger partial charge in [-0.2, -0.15) is 0 Å². The maximum absolute atomic E-state index is 12.5. The molecule has 4 aromatic rings. The zero-order valence-corrected chi connectivity index (χ0v) is 17.2. The van der Waals surface area contributed by atoms with Crippen molar-refractivity contribution in [2.24, 2.45) is 5.73 Å². The van der Waals surface area contributed by atoms with E-state index in [0.717, 1.165) is 22.4 Å². The minimum atomic E-state index is -0.473. The topological polar surface area (TPSA) is 72.4 Å². The Bertz CT molecular complexity index is 1100. The Balaban J connectivity index is 1.60. The first-order chi connectivity index (χ1) is 15.2. The molecule has 0 radical (unpaired) electrons. The second-order valence-electron chi connectivity index (χ2n) is 7.55.